The molecule has 3 heteroatoms. The van der Waals surface area contributed by atoms with Crippen molar-refractivity contribution in [3.05, 3.63) is 34.1 Å². The Kier molecular flexibility index (Phi) is 4.36. The van der Waals surface area contributed by atoms with Crippen molar-refractivity contribution in [2.45, 2.75) is 32.2 Å². The molecule has 1 aliphatic heterocycles. The van der Waals surface area contributed by atoms with Crippen LogP contribution in [0, 0.1) is 5.82 Å². The monoisotopic (exact) mass is 285 g/mol. The molecule has 1 heterocycles. The standard InChI is InChI=1S/C13H17BrFN/c14-12-6-5-11(9-13(12)15)10-16-7-3-1-2-4-8-16/h5-6,9H,1-4,7-8,10H2. The molecule has 0 saturated carbocycles. The lowest BCUT2D eigenvalue weighted by atomic mass is 10.2. The second-order valence-corrected chi connectivity index (χ2v) is 5.29. The maximum Gasteiger partial charge on any atom is 0.137 e. The van der Waals surface area contributed by atoms with Gasteiger partial charge in [0.05, 0.1) is 4.47 Å². The molecule has 1 aliphatic rings. The maximum atomic E-state index is 13.3. The molecule has 1 saturated heterocycles. The van der Waals surface area contributed by atoms with E-state index in [1.54, 1.807) is 12.1 Å². The number of hydrogen-bond donors (Lipinski definition) is 0. The molecular weight excluding hydrogens is 269 g/mol. The number of nitrogens with zero attached hydrogens (tertiary/aromatic N) is 1. The Balaban J connectivity index is 1.99. The molecule has 88 valence electrons. The average molecular weight is 286 g/mol. The first-order valence-corrected chi connectivity index (χ1v) is 6.71. The van der Waals surface area contributed by atoms with Crippen molar-refractivity contribution in [1.82, 2.24) is 4.90 Å². The van der Waals surface area contributed by atoms with E-state index in [0.717, 1.165) is 25.2 Å². The van der Waals surface area contributed by atoms with Crippen LogP contribution >= 0.6 is 15.9 Å². The van der Waals surface area contributed by atoms with Crippen LogP contribution in [-0.2, 0) is 6.54 Å². The highest BCUT2D eigenvalue weighted by Crippen LogP contribution is 2.18. The van der Waals surface area contributed by atoms with Crippen LogP contribution in [0.3, 0.4) is 0 Å². The van der Waals surface area contributed by atoms with Gasteiger partial charge in [0, 0.05) is 6.54 Å². The van der Waals surface area contributed by atoms with Crippen LogP contribution in [0.15, 0.2) is 22.7 Å². The summed E-state index contributed by atoms with van der Waals surface area (Å²) in [5.41, 5.74) is 1.07. The number of rotatable bonds is 2. The first-order valence-electron chi connectivity index (χ1n) is 5.92. The van der Waals surface area contributed by atoms with Gasteiger partial charge in [0.15, 0.2) is 0 Å². The van der Waals surface area contributed by atoms with Crippen LogP contribution in [0.25, 0.3) is 0 Å². The Morgan fingerprint density at radius 3 is 2.44 bits per heavy atom. The summed E-state index contributed by atoms with van der Waals surface area (Å²) in [5, 5.41) is 0. The highest BCUT2D eigenvalue weighted by molar-refractivity contribution is 9.10. The molecule has 0 atom stereocenters. The van der Waals surface area contributed by atoms with Crippen molar-refractivity contribution >= 4 is 15.9 Å². The zero-order chi connectivity index (χ0) is 11.4. The van der Waals surface area contributed by atoms with Crippen molar-refractivity contribution in [1.29, 1.82) is 0 Å². The van der Waals surface area contributed by atoms with Gasteiger partial charge >= 0.3 is 0 Å². The van der Waals surface area contributed by atoms with E-state index in [1.807, 2.05) is 6.07 Å². The Bertz CT molecular complexity index is 346. The minimum absolute atomic E-state index is 0.160. The van der Waals surface area contributed by atoms with Crippen LogP contribution in [0.2, 0.25) is 0 Å². The highest BCUT2D eigenvalue weighted by atomic mass is 79.9. The fraction of sp³-hybridized carbons (Fsp3) is 0.538. The van der Waals surface area contributed by atoms with E-state index in [4.69, 9.17) is 0 Å². The Labute approximate surface area is 105 Å². The van der Waals surface area contributed by atoms with E-state index in [1.165, 1.54) is 25.7 Å². The van der Waals surface area contributed by atoms with E-state index < -0.39 is 0 Å². The first-order chi connectivity index (χ1) is 7.75. The minimum atomic E-state index is -0.160. The molecule has 0 bridgehead atoms. The second-order valence-electron chi connectivity index (χ2n) is 4.44. The van der Waals surface area contributed by atoms with Crippen LogP contribution < -0.4 is 0 Å². The summed E-state index contributed by atoms with van der Waals surface area (Å²) in [6.07, 6.45) is 5.23. The van der Waals surface area contributed by atoms with Gasteiger partial charge in [0.2, 0.25) is 0 Å². The maximum absolute atomic E-state index is 13.3. The number of likely N-dealkylation sites (tertiary alicyclic amines) is 1. The van der Waals surface area contributed by atoms with Gasteiger partial charge in [-0.25, -0.2) is 4.39 Å². The summed E-state index contributed by atoms with van der Waals surface area (Å²) in [5.74, 6) is -0.160. The van der Waals surface area contributed by atoms with Gasteiger partial charge in [-0.3, -0.25) is 4.90 Å². The first kappa shape index (κ1) is 12.1. The molecule has 0 aliphatic carbocycles. The number of benzene rings is 1. The smallest absolute Gasteiger partial charge is 0.137 e. The van der Waals surface area contributed by atoms with Gasteiger partial charge in [0.25, 0.3) is 0 Å². The lowest BCUT2D eigenvalue weighted by Crippen LogP contribution is -2.23. The highest BCUT2D eigenvalue weighted by Gasteiger charge is 2.10. The van der Waals surface area contributed by atoms with Crippen molar-refractivity contribution in [3.63, 3.8) is 0 Å². The lowest BCUT2D eigenvalue weighted by molar-refractivity contribution is 0.276. The SMILES string of the molecule is Fc1cc(CN2CCCCCC2)ccc1Br. The number of hydrogen-bond acceptors (Lipinski definition) is 1. The fourth-order valence-corrected chi connectivity index (χ4v) is 2.44. The second kappa shape index (κ2) is 5.78. The summed E-state index contributed by atoms with van der Waals surface area (Å²) < 4.78 is 13.9. The molecule has 2 rings (SSSR count). The van der Waals surface area contributed by atoms with E-state index in [-0.39, 0.29) is 5.82 Å². The molecule has 1 fully saturated rings. The minimum Gasteiger partial charge on any atom is -0.299 e. The summed E-state index contributed by atoms with van der Waals surface area (Å²) >= 11 is 3.18. The van der Waals surface area contributed by atoms with Gasteiger partial charge in [-0.15, -0.1) is 0 Å². The normalized spacial score (nSPS) is 18.4. The van der Waals surface area contributed by atoms with Gasteiger partial charge in [-0.05, 0) is 59.6 Å². The topological polar surface area (TPSA) is 3.24 Å². The predicted molar refractivity (Wildman–Crippen MR) is 67.8 cm³/mol. The summed E-state index contributed by atoms with van der Waals surface area (Å²) in [4.78, 5) is 2.43. The van der Waals surface area contributed by atoms with Gasteiger partial charge in [-0.2, -0.15) is 0 Å². The third-order valence-electron chi connectivity index (χ3n) is 3.09. The zero-order valence-electron chi connectivity index (χ0n) is 9.38. The molecule has 0 unspecified atom stereocenters. The average Bonchev–Trinajstić information content (AvgIpc) is 2.52. The largest absolute Gasteiger partial charge is 0.299 e. The molecule has 0 spiro atoms. The van der Waals surface area contributed by atoms with Crippen molar-refractivity contribution in [3.8, 4) is 0 Å². The van der Waals surface area contributed by atoms with E-state index >= 15 is 0 Å². The van der Waals surface area contributed by atoms with Gasteiger partial charge < -0.3 is 0 Å². The predicted octanol–water partition coefficient (Wildman–Crippen LogP) is 3.96. The molecule has 1 aromatic rings. The Morgan fingerprint density at radius 1 is 1.12 bits per heavy atom. The summed E-state index contributed by atoms with van der Waals surface area (Å²) in [6.45, 7) is 3.18. The Morgan fingerprint density at radius 2 is 1.81 bits per heavy atom. The van der Waals surface area contributed by atoms with E-state index in [9.17, 15) is 4.39 Å². The van der Waals surface area contributed by atoms with Crippen LogP contribution in [0.5, 0.6) is 0 Å². The molecule has 0 amide bonds. The molecule has 1 aromatic carbocycles. The quantitative estimate of drug-likeness (QED) is 0.795. The van der Waals surface area contributed by atoms with Crippen LogP contribution in [0.1, 0.15) is 31.2 Å². The summed E-state index contributed by atoms with van der Waals surface area (Å²) in [7, 11) is 0. The van der Waals surface area contributed by atoms with E-state index in [0.29, 0.717) is 4.47 Å². The van der Waals surface area contributed by atoms with Crippen molar-refractivity contribution in [2.75, 3.05) is 13.1 Å². The van der Waals surface area contributed by atoms with Crippen LogP contribution in [0.4, 0.5) is 4.39 Å². The molecule has 16 heavy (non-hydrogen) atoms. The van der Waals surface area contributed by atoms with Gasteiger partial charge in [0.1, 0.15) is 5.82 Å². The molecule has 1 nitrogen and oxygen atoms in total. The molecule has 0 N–H and O–H groups in total. The molecule has 0 radical (unpaired) electrons. The third-order valence-corrected chi connectivity index (χ3v) is 3.73. The molecular formula is C13H17BrFN. The van der Waals surface area contributed by atoms with Gasteiger partial charge in [-0.1, -0.05) is 18.9 Å². The number of halogens is 2. The Hall–Kier alpha value is -0.410. The van der Waals surface area contributed by atoms with Crippen molar-refractivity contribution < 1.29 is 4.39 Å². The van der Waals surface area contributed by atoms with Crippen LogP contribution in [-0.4, -0.2) is 18.0 Å². The van der Waals surface area contributed by atoms with Crippen molar-refractivity contribution in [2.24, 2.45) is 0 Å². The zero-order valence-corrected chi connectivity index (χ0v) is 11.0. The lowest BCUT2D eigenvalue weighted by Gasteiger charge is -2.19. The molecule has 0 aromatic heterocycles. The summed E-state index contributed by atoms with van der Waals surface area (Å²) in [6, 6.07) is 5.43. The third kappa shape index (κ3) is 3.29. The fourth-order valence-electron chi connectivity index (χ4n) is 2.19. The van der Waals surface area contributed by atoms with E-state index in [2.05, 4.69) is 20.8 Å².